The predicted octanol–water partition coefficient (Wildman–Crippen LogP) is 1.45. The minimum Gasteiger partial charge on any atom is -0.364 e. The van der Waals surface area contributed by atoms with Crippen LogP contribution in [0.2, 0.25) is 0 Å². The molecular formula is C16H22N4O. The largest absolute Gasteiger partial charge is 0.364 e. The topological polar surface area (TPSA) is 39.7 Å². The van der Waals surface area contributed by atoms with Crippen LogP contribution in [0.1, 0.15) is 31.7 Å². The molecular weight excluding hydrogens is 264 g/mol. The third kappa shape index (κ3) is 1.80. The Hall–Kier alpha value is -1.62. The smallest absolute Gasteiger partial charge is 0.224 e. The maximum atomic E-state index is 11.9. The molecule has 3 aliphatic heterocycles. The van der Waals surface area contributed by atoms with Gasteiger partial charge in [0.05, 0.1) is 17.6 Å². The average molecular weight is 286 g/mol. The summed E-state index contributed by atoms with van der Waals surface area (Å²) in [6, 6.07) is 0.597. The SMILES string of the molecule is CCN1CCC2C(C1)c1cncc3c1N2CCN3C(C)=O. The first-order valence-electron chi connectivity index (χ1n) is 7.95. The zero-order valence-electron chi connectivity index (χ0n) is 12.7. The summed E-state index contributed by atoms with van der Waals surface area (Å²) < 4.78 is 0. The van der Waals surface area contributed by atoms with Gasteiger partial charge in [0, 0.05) is 56.8 Å². The zero-order chi connectivity index (χ0) is 14.6. The lowest BCUT2D eigenvalue weighted by Crippen LogP contribution is -2.50. The molecule has 2 atom stereocenters. The summed E-state index contributed by atoms with van der Waals surface area (Å²) in [4.78, 5) is 23.3. The highest BCUT2D eigenvalue weighted by atomic mass is 16.2. The first-order valence-corrected chi connectivity index (χ1v) is 7.95. The number of fused-ring (bicyclic) bond motifs is 3. The number of amides is 1. The van der Waals surface area contributed by atoms with Gasteiger partial charge >= 0.3 is 0 Å². The highest BCUT2D eigenvalue weighted by Crippen LogP contribution is 2.50. The highest BCUT2D eigenvalue weighted by molar-refractivity contribution is 5.97. The Bertz CT molecular complexity index is 588. The van der Waals surface area contributed by atoms with Crippen LogP contribution in [-0.2, 0) is 4.79 Å². The van der Waals surface area contributed by atoms with Gasteiger partial charge in [0.15, 0.2) is 0 Å². The van der Waals surface area contributed by atoms with Crippen LogP contribution in [0.25, 0.3) is 0 Å². The van der Waals surface area contributed by atoms with Crippen LogP contribution in [0.5, 0.6) is 0 Å². The average Bonchev–Trinajstić information content (AvgIpc) is 2.83. The lowest BCUT2D eigenvalue weighted by Gasteiger charge is -2.41. The predicted molar refractivity (Wildman–Crippen MR) is 82.9 cm³/mol. The maximum Gasteiger partial charge on any atom is 0.224 e. The summed E-state index contributed by atoms with van der Waals surface area (Å²) in [5, 5.41) is 0. The second-order valence-electron chi connectivity index (χ2n) is 6.32. The molecule has 3 aliphatic rings. The maximum absolute atomic E-state index is 11.9. The number of carbonyl (C=O) groups excluding carboxylic acids is 1. The van der Waals surface area contributed by atoms with Crippen molar-refractivity contribution in [3.63, 3.8) is 0 Å². The Labute approximate surface area is 125 Å². The molecule has 5 nitrogen and oxygen atoms in total. The van der Waals surface area contributed by atoms with Crippen LogP contribution < -0.4 is 9.80 Å². The van der Waals surface area contributed by atoms with E-state index in [1.54, 1.807) is 6.92 Å². The van der Waals surface area contributed by atoms with Crippen molar-refractivity contribution < 1.29 is 4.79 Å². The third-order valence-corrected chi connectivity index (χ3v) is 5.36. The molecule has 0 spiro atoms. The van der Waals surface area contributed by atoms with Crippen molar-refractivity contribution in [1.29, 1.82) is 0 Å². The Morgan fingerprint density at radius 2 is 2.19 bits per heavy atom. The quantitative estimate of drug-likeness (QED) is 0.783. The third-order valence-electron chi connectivity index (χ3n) is 5.36. The Kier molecular flexibility index (Phi) is 2.92. The van der Waals surface area contributed by atoms with E-state index < -0.39 is 0 Å². The minimum absolute atomic E-state index is 0.120. The summed E-state index contributed by atoms with van der Waals surface area (Å²) in [7, 11) is 0. The van der Waals surface area contributed by atoms with Crippen LogP contribution in [0, 0.1) is 0 Å². The summed E-state index contributed by atoms with van der Waals surface area (Å²) in [5.74, 6) is 0.669. The lowest BCUT2D eigenvalue weighted by atomic mass is 9.90. The summed E-state index contributed by atoms with van der Waals surface area (Å²) >= 11 is 0. The fourth-order valence-corrected chi connectivity index (χ4v) is 4.31. The lowest BCUT2D eigenvalue weighted by molar-refractivity contribution is -0.116. The van der Waals surface area contributed by atoms with E-state index in [2.05, 4.69) is 21.7 Å². The van der Waals surface area contributed by atoms with Gasteiger partial charge in [-0.15, -0.1) is 0 Å². The molecule has 0 N–H and O–H groups in total. The molecule has 1 saturated heterocycles. The second-order valence-corrected chi connectivity index (χ2v) is 6.32. The molecule has 5 heteroatoms. The van der Waals surface area contributed by atoms with E-state index in [1.165, 1.54) is 24.2 Å². The normalized spacial score (nSPS) is 27.5. The number of piperidine rings is 1. The molecule has 0 aliphatic carbocycles. The van der Waals surface area contributed by atoms with Crippen LogP contribution in [0.15, 0.2) is 12.4 Å². The van der Waals surface area contributed by atoms with Crippen LogP contribution in [0.4, 0.5) is 11.4 Å². The number of likely N-dealkylation sites (N-methyl/N-ethyl adjacent to an activating group) is 1. The van der Waals surface area contributed by atoms with Crippen molar-refractivity contribution in [2.45, 2.75) is 32.2 Å². The molecule has 1 amide bonds. The standard InChI is InChI=1S/C16H22N4O/c1-3-18-5-4-14-13(10-18)12-8-17-9-15-16(12)20(14)7-6-19(15)11(2)21/h8-9,13-14H,3-7,10H2,1-2H3. The number of pyridine rings is 1. The van der Waals surface area contributed by atoms with E-state index in [1.807, 2.05) is 17.3 Å². The van der Waals surface area contributed by atoms with Gasteiger partial charge in [-0.2, -0.15) is 0 Å². The van der Waals surface area contributed by atoms with E-state index in [4.69, 9.17) is 0 Å². The van der Waals surface area contributed by atoms with Gasteiger partial charge in [-0.3, -0.25) is 9.78 Å². The van der Waals surface area contributed by atoms with Crippen LogP contribution in [0.3, 0.4) is 0 Å². The van der Waals surface area contributed by atoms with Gasteiger partial charge < -0.3 is 14.7 Å². The van der Waals surface area contributed by atoms with E-state index >= 15 is 0 Å². The van der Waals surface area contributed by atoms with E-state index in [0.717, 1.165) is 31.9 Å². The van der Waals surface area contributed by atoms with Gasteiger partial charge in [-0.25, -0.2) is 0 Å². The number of hydrogen-bond acceptors (Lipinski definition) is 4. The number of rotatable bonds is 1. The summed E-state index contributed by atoms with van der Waals surface area (Å²) in [6.07, 6.45) is 5.10. The van der Waals surface area contributed by atoms with Crippen molar-refractivity contribution >= 4 is 17.3 Å². The molecule has 4 rings (SSSR count). The van der Waals surface area contributed by atoms with Gasteiger partial charge in [0.2, 0.25) is 5.91 Å². The molecule has 0 aromatic carbocycles. The van der Waals surface area contributed by atoms with Crippen LogP contribution >= 0.6 is 0 Å². The van der Waals surface area contributed by atoms with Crippen molar-refractivity contribution in [2.75, 3.05) is 42.5 Å². The van der Waals surface area contributed by atoms with E-state index in [0.29, 0.717) is 12.0 Å². The number of aromatic nitrogens is 1. The highest BCUT2D eigenvalue weighted by Gasteiger charge is 2.45. The first kappa shape index (κ1) is 13.1. The molecule has 0 radical (unpaired) electrons. The van der Waals surface area contributed by atoms with Gasteiger partial charge in [-0.05, 0) is 13.0 Å². The summed E-state index contributed by atoms with van der Waals surface area (Å²) in [6.45, 7) is 9.04. The molecule has 1 aromatic rings. The monoisotopic (exact) mass is 286 g/mol. The molecule has 21 heavy (non-hydrogen) atoms. The van der Waals surface area contributed by atoms with Gasteiger partial charge in [0.1, 0.15) is 0 Å². The van der Waals surface area contributed by atoms with E-state index in [-0.39, 0.29) is 5.91 Å². The Morgan fingerprint density at radius 1 is 1.33 bits per heavy atom. The fourth-order valence-electron chi connectivity index (χ4n) is 4.31. The molecule has 0 bridgehead atoms. The van der Waals surface area contributed by atoms with Crippen molar-refractivity contribution in [3.05, 3.63) is 18.0 Å². The number of likely N-dealkylation sites (tertiary alicyclic amines) is 1. The molecule has 4 heterocycles. The van der Waals surface area contributed by atoms with Crippen molar-refractivity contribution in [3.8, 4) is 0 Å². The van der Waals surface area contributed by atoms with E-state index in [9.17, 15) is 4.79 Å². The number of nitrogens with zero attached hydrogens (tertiary/aromatic N) is 4. The number of carbonyl (C=O) groups is 1. The Balaban J connectivity index is 1.79. The van der Waals surface area contributed by atoms with Crippen molar-refractivity contribution in [1.82, 2.24) is 9.88 Å². The van der Waals surface area contributed by atoms with Crippen LogP contribution in [-0.4, -0.2) is 54.6 Å². The zero-order valence-corrected chi connectivity index (χ0v) is 12.7. The molecule has 112 valence electrons. The van der Waals surface area contributed by atoms with Gasteiger partial charge in [0.25, 0.3) is 0 Å². The first-order chi connectivity index (χ1) is 10.2. The molecule has 2 unspecified atom stereocenters. The van der Waals surface area contributed by atoms with Crippen molar-refractivity contribution in [2.24, 2.45) is 0 Å². The Morgan fingerprint density at radius 3 is 2.95 bits per heavy atom. The minimum atomic E-state index is 0.120. The number of hydrogen-bond donors (Lipinski definition) is 0. The molecule has 0 saturated carbocycles. The fraction of sp³-hybridized carbons (Fsp3) is 0.625. The number of anilines is 2. The second kappa shape index (κ2) is 4.70. The summed E-state index contributed by atoms with van der Waals surface area (Å²) in [5.41, 5.74) is 3.64. The molecule has 1 fully saturated rings. The van der Waals surface area contributed by atoms with Gasteiger partial charge in [-0.1, -0.05) is 6.92 Å². The molecule has 1 aromatic heterocycles.